The van der Waals surface area contributed by atoms with Crippen LogP contribution in [0.15, 0.2) is 24.3 Å². The second-order valence-corrected chi connectivity index (χ2v) is 8.47. The predicted molar refractivity (Wildman–Crippen MR) is 115 cm³/mol. The number of hydrogen-bond acceptors (Lipinski definition) is 3. The van der Waals surface area contributed by atoms with Crippen molar-refractivity contribution in [3.63, 3.8) is 0 Å². The molecule has 0 saturated carbocycles. The van der Waals surface area contributed by atoms with Gasteiger partial charge in [-0.3, -0.25) is 9.59 Å². The zero-order chi connectivity index (χ0) is 20.6. The lowest BCUT2D eigenvalue weighted by atomic mass is 9.95. The monoisotopic (exact) mass is 400 g/mol. The minimum atomic E-state index is 0.130. The van der Waals surface area contributed by atoms with Crippen LogP contribution in [0.3, 0.4) is 0 Å². The summed E-state index contributed by atoms with van der Waals surface area (Å²) in [6.07, 6.45) is 7.28. The number of nitrogens with zero attached hydrogens (tertiary/aromatic N) is 2. The topological polar surface area (TPSA) is 49.9 Å². The van der Waals surface area contributed by atoms with E-state index in [1.807, 2.05) is 34.1 Å². The number of rotatable bonds is 7. The van der Waals surface area contributed by atoms with E-state index in [1.165, 1.54) is 6.42 Å². The number of ether oxygens (including phenoxy) is 1. The van der Waals surface area contributed by atoms with Crippen LogP contribution in [-0.2, 0) is 4.79 Å². The molecule has 2 saturated heterocycles. The summed E-state index contributed by atoms with van der Waals surface area (Å²) in [6.45, 7) is 8.28. The average Bonchev–Trinajstić information content (AvgIpc) is 2.79. The fourth-order valence-corrected chi connectivity index (χ4v) is 4.40. The molecule has 0 spiro atoms. The van der Waals surface area contributed by atoms with Crippen molar-refractivity contribution in [2.75, 3.05) is 32.8 Å². The van der Waals surface area contributed by atoms with Gasteiger partial charge in [0.2, 0.25) is 5.91 Å². The fraction of sp³-hybridized carbons (Fsp3) is 0.667. The van der Waals surface area contributed by atoms with E-state index < -0.39 is 0 Å². The lowest BCUT2D eigenvalue weighted by Gasteiger charge is -2.34. The molecule has 0 bridgehead atoms. The predicted octanol–water partition coefficient (Wildman–Crippen LogP) is 4.37. The van der Waals surface area contributed by atoms with Gasteiger partial charge in [0, 0.05) is 37.7 Å². The number of carbonyl (C=O) groups is 2. The summed E-state index contributed by atoms with van der Waals surface area (Å²) in [7, 11) is 0. The first-order valence-electron chi connectivity index (χ1n) is 11.4. The number of benzene rings is 1. The van der Waals surface area contributed by atoms with Crippen molar-refractivity contribution in [1.82, 2.24) is 9.80 Å². The zero-order valence-corrected chi connectivity index (χ0v) is 18.1. The molecule has 3 rings (SSSR count). The summed E-state index contributed by atoms with van der Waals surface area (Å²) in [4.78, 5) is 29.0. The first-order chi connectivity index (χ1) is 14.1. The van der Waals surface area contributed by atoms with E-state index in [9.17, 15) is 9.59 Å². The smallest absolute Gasteiger partial charge is 0.253 e. The van der Waals surface area contributed by atoms with E-state index in [2.05, 4.69) is 13.8 Å². The second-order valence-electron chi connectivity index (χ2n) is 8.47. The Labute approximate surface area is 175 Å². The van der Waals surface area contributed by atoms with Crippen molar-refractivity contribution in [2.24, 2.45) is 11.8 Å². The third-order valence-corrected chi connectivity index (χ3v) is 6.49. The normalized spacial score (nSPS) is 18.2. The van der Waals surface area contributed by atoms with E-state index in [0.29, 0.717) is 18.4 Å². The third kappa shape index (κ3) is 5.74. The van der Waals surface area contributed by atoms with E-state index >= 15 is 0 Å². The van der Waals surface area contributed by atoms with E-state index in [1.54, 1.807) is 0 Å². The largest absolute Gasteiger partial charge is 0.493 e. The Kier molecular flexibility index (Phi) is 7.96. The molecule has 29 heavy (non-hydrogen) atoms. The number of amides is 2. The van der Waals surface area contributed by atoms with Crippen LogP contribution in [0, 0.1) is 11.8 Å². The maximum Gasteiger partial charge on any atom is 0.253 e. The summed E-state index contributed by atoms with van der Waals surface area (Å²) < 4.78 is 5.98. The molecule has 5 nitrogen and oxygen atoms in total. The van der Waals surface area contributed by atoms with Gasteiger partial charge in [-0.2, -0.15) is 0 Å². The van der Waals surface area contributed by atoms with E-state index in [4.69, 9.17) is 4.74 Å². The van der Waals surface area contributed by atoms with Crippen LogP contribution in [0.1, 0.15) is 69.2 Å². The fourth-order valence-electron chi connectivity index (χ4n) is 4.40. The van der Waals surface area contributed by atoms with Gasteiger partial charge in [0.1, 0.15) is 5.75 Å². The summed E-state index contributed by atoms with van der Waals surface area (Å²) in [5, 5.41) is 0. The molecule has 0 atom stereocenters. The Balaban J connectivity index is 1.43. The molecule has 2 amide bonds. The van der Waals surface area contributed by atoms with Gasteiger partial charge in [-0.1, -0.05) is 13.8 Å². The molecule has 0 aliphatic carbocycles. The molecule has 160 valence electrons. The molecule has 2 heterocycles. The Morgan fingerprint density at radius 1 is 0.931 bits per heavy atom. The molecule has 0 N–H and O–H groups in total. The van der Waals surface area contributed by atoms with Crippen LogP contribution in [-0.4, -0.2) is 54.4 Å². The molecular weight excluding hydrogens is 364 g/mol. The van der Waals surface area contributed by atoms with Crippen molar-refractivity contribution < 1.29 is 14.3 Å². The number of hydrogen-bond donors (Lipinski definition) is 0. The molecule has 2 fully saturated rings. The first kappa shape index (κ1) is 21.7. The van der Waals surface area contributed by atoms with Crippen LogP contribution >= 0.6 is 0 Å². The van der Waals surface area contributed by atoms with Gasteiger partial charge in [0.25, 0.3) is 5.91 Å². The molecule has 2 aliphatic heterocycles. The molecule has 5 heteroatoms. The highest BCUT2D eigenvalue weighted by Gasteiger charge is 2.26. The van der Waals surface area contributed by atoms with Gasteiger partial charge in [0.05, 0.1) is 6.61 Å². The van der Waals surface area contributed by atoms with Gasteiger partial charge < -0.3 is 14.5 Å². The minimum absolute atomic E-state index is 0.130. The van der Waals surface area contributed by atoms with Crippen LogP contribution in [0.25, 0.3) is 0 Å². The Hall–Kier alpha value is -2.04. The molecule has 0 unspecified atom stereocenters. The molecular formula is C24H36N2O3. The zero-order valence-electron chi connectivity index (χ0n) is 18.1. The minimum Gasteiger partial charge on any atom is -0.493 e. The molecule has 2 aliphatic rings. The highest BCUT2D eigenvalue weighted by molar-refractivity contribution is 5.94. The van der Waals surface area contributed by atoms with Crippen molar-refractivity contribution >= 4 is 11.8 Å². The lowest BCUT2D eigenvalue weighted by Crippen LogP contribution is -2.42. The van der Waals surface area contributed by atoms with Crippen molar-refractivity contribution in [3.8, 4) is 5.75 Å². The van der Waals surface area contributed by atoms with Crippen molar-refractivity contribution in [2.45, 2.75) is 58.8 Å². The maximum absolute atomic E-state index is 12.5. The molecule has 0 aromatic heterocycles. The first-order valence-corrected chi connectivity index (χ1v) is 11.4. The average molecular weight is 401 g/mol. The number of piperidine rings is 2. The molecule has 1 aromatic rings. The summed E-state index contributed by atoms with van der Waals surface area (Å²) in [5.41, 5.74) is 0.743. The van der Waals surface area contributed by atoms with Gasteiger partial charge in [-0.25, -0.2) is 0 Å². The number of carbonyl (C=O) groups excluding carboxylic acids is 2. The van der Waals surface area contributed by atoms with E-state index in [-0.39, 0.29) is 11.8 Å². The van der Waals surface area contributed by atoms with Crippen LogP contribution in [0.2, 0.25) is 0 Å². The Bertz CT molecular complexity index is 655. The quantitative estimate of drug-likeness (QED) is 0.683. The Morgan fingerprint density at radius 3 is 2.14 bits per heavy atom. The maximum atomic E-state index is 12.5. The lowest BCUT2D eigenvalue weighted by molar-refractivity contribution is -0.137. The molecule has 0 radical (unpaired) electrons. The summed E-state index contributed by atoms with van der Waals surface area (Å²) in [5.74, 6) is 1.93. The summed E-state index contributed by atoms with van der Waals surface area (Å²) >= 11 is 0. The third-order valence-electron chi connectivity index (χ3n) is 6.49. The van der Waals surface area contributed by atoms with Crippen molar-refractivity contribution in [1.29, 1.82) is 0 Å². The van der Waals surface area contributed by atoms with Gasteiger partial charge in [-0.15, -0.1) is 0 Å². The Morgan fingerprint density at radius 2 is 1.55 bits per heavy atom. The standard InChI is InChI=1S/C24H36N2O3/c1-3-20(4-2)23(27)26-16-12-19(13-17-26)18-29-22-10-8-21(9-11-22)24(28)25-14-6-5-7-15-25/h8-11,19-20H,3-7,12-18H2,1-2H3. The second kappa shape index (κ2) is 10.7. The van der Waals surface area contributed by atoms with Crippen molar-refractivity contribution in [3.05, 3.63) is 29.8 Å². The van der Waals surface area contributed by atoms with Crippen LogP contribution < -0.4 is 4.74 Å². The van der Waals surface area contributed by atoms with Crippen LogP contribution in [0.4, 0.5) is 0 Å². The molecule has 1 aromatic carbocycles. The highest BCUT2D eigenvalue weighted by atomic mass is 16.5. The van der Waals surface area contributed by atoms with Gasteiger partial charge >= 0.3 is 0 Å². The highest BCUT2D eigenvalue weighted by Crippen LogP contribution is 2.23. The summed E-state index contributed by atoms with van der Waals surface area (Å²) in [6, 6.07) is 7.57. The van der Waals surface area contributed by atoms with Crippen LogP contribution in [0.5, 0.6) is 5.75 Å². The van der Waals surface area contributed by atoms with E-state index in [0.717, 1.165) is 76.0 Å². The van der Waals surface area contributed by atoms with Gasteiger partial charge in [-0.05, 0) is 75.1 Å². The number of likely N-dealkylation sites (tertiary alicyclic amines) is 2. The SMILES string of the molecule is CCC(CC)C(=O)N1CCC(COc2ccc(C(=O)N3CCCCC3)cc2)CC1. The van der Waals surface area contributed by atoms with Gasteiger partial charge in [0.15, 0.2) is 0 Å².